The Bertz CT molecular complexity index is 643. The van der Waals surface area contributed by atoms with Gasteiger partial charge < -0.3 is 9.30 Å². The normalized spacial score (nSPS) is 12.5. The number of hydrogen-bond donors (Lipinski definition) is 0. The van der Waals surface area contributed by atoms with Gasteiger partial charge in [-0.2, -0.15) is 5.26 Å². The van der Waals surface area contributed by atoms with Gasteiger partial charge in [-0.1, -0.05) is 6.07 Å². The molecule has 0 bridgehead atoms. The molecule has 0 radical (unpaired) electrons. The third-order valence-corrected chi connectivity index (χ3v) is 3.71. The van der Waals surface area contributed by atoms with Gasteiger partial charge in [0.25, 0.3) is 0 Å². The van der Waals surface area contributed by atoms with Crippen LogP contribution in [0.4, 0.5) is 0 Å². The number of ether oxygens (including phenoxy) is 1. The van der Waals surface area contributed by atoms with E-state index in [1.165, 1.54) is 0 Å². The van der Waals surface area contributed by atoms with Gasteiger partial charge in [-0.3, -0.25) is 0 Å². The summed E-state index contributed by atoms with van der Waals surface area (Å²) in [7, 11) is 1.72. The second-order valence-electron chi connectivity index (χ2n) is 5.08. The zero-order valence-corrected chi connectivity index (χ0v) is 13.2. The lowest BCUT2D eigenvalue weighted by Gasteiger charge is -2.10. The molecule has 0 N–H and O–H groups in total. The van der Waals surface area contributed by atoms with Gasteiger partial charge in [-0.05, 0) is 38.3 Å². The molecular weight excluding hydrogens is 286 g/mol. The maximum Gasteiger partial charge on any atom is 0.127 e. The SMILES string of the molecule is COCCCCCn1c(C(C)Cl)nc2c(C#N)cccc21. The molecule has 2 aromatic rings. The molecular formula is C16H20ClN3O. The highest BCUT2D eigenvalue weighted by atomic mass is 35.5. The molecule has 1 aromatic heterocycles. The Kier molecular flexibility index (Phi) is 5.60. The smallest absolute Gasteiger partial charge is 0.127 e. The second kappa shape index (κ2) is 7.44. The molecule has 1 aromatic carbocycles. The molecule has 0 amide bonds. The Morgan fingerprint density at radius 1 is 1.38 bits per heavy atom. The van der Waals surface area contributed by atoms with E-state index in [1.807, 2.05) is 19.1 Å². The van der Waals surface area contributed by atoms with E-state index in [0.29, 0.717) is 5.56 Å². The molecule has 21 heavy (non-hydrogen) atoms. The van der Waals surface area contributed by atoms with Crippen molar-refractivity contribution >= 4 is 22.6 Å². The van der Waals surface area contributed by atoms with Gasteiger partial charge in [0.2, 0.25) is 0 Å². The first-order valence-electron chi connectivity index (χ1n) is 7.21. The molecule has 5 heteroatoms. The van der Waals surface area contributed by atoms with Crippen molar-refractivity contribution in [1.82, 2.24) is 9.55 Å². The summed E-state index contributed by atoms with van der Waals surface area (Å²) >= 11 is 6.25. The van der Waals surface area contributed by atoms with Gasteiger partial charge >= 0.3 is 0 Å². The van der Waals surface area contributed by atoms with Crippen LogP contribution in [0.1, 0.15) is 43.0 Å². The number of alkyl halides is 1. The number of rotatable bonds is 7. The lowest BCUT2D eigenvalue weighted by molar-refractivity contribution is 0.191. The van der Waals surface area contributed by atoms with Crippen LogP contribution >= 0.6 is 11.6 Å². The first-order chi connectivity index (χ1) is 10.2. The number of aromatic nitrogens is 2. The molecule has 4 nitrogen and oxygen atoms in total. The van der Waals surface area contributed by atoms with Crippen molar-refractivity contribution in [3.05, 3.63) is 29.6 Å². The number of unbranched alkanes of at least 4 members (excludes halogenated alkanes) is 2. The van der Waals surface area contributed by atoms with Gasteiger partial charge in [0.05, 0.1) is 16.5 Å². The predicted molar refractivity (Wildman–Crippen MR) is 84.4 cm³/mol. The van der Waals surface area contributed by atoms with Crippen molar-refractivity contribution < 1.29 is 4.74 Å². The summed E-state index contributed by atoms with van der Waals surface area (Å²) in [4.78, 5) is 4.58. The van der Waals surface area contributed by atoms with Crippen LogP contribution in [0.3, 0.4) is 0 Å². The molecule has 0 aliphatic rings. The number of fused-ring (bicyclic) bond motifs is 1. The van der Waals surface area contributed by atoms with Gasteiger partial charge in [-0.25, -0.2) is 4.98 Å². The number of nitrogens with zero attached hydrogens (tertiary/aromatic N) is 3. The van der Waals surface area contributed by atoms with E-state index in [0.717, 1.165) is 49.3 Å². The van der Waals surface area contributed by atoms with E-state index in [9.17, 15) is 5.26 Å². The molecule has 0 fully saturated rings. The summed E-state index contributed by atoms with van der Waals surface area (Å²) in [6.07, 6.45) is 3.20. The Labute approximate surface area is 130 Å². The van der Waals surface area contributed by atoms with E-state index in [-0.39, 0.29) is 5.38 Å². The van der Waals surface area contributed by atoms with Crippen molar-refractivity contribution in [2.45, 2.75) is 38.1 Å². The lowest BCUT2D eigenvalue weighted by atomic mass is 10.2. The molecule has 112 valence electrons. The third kappa shape index (κ3) is 3.55. The van der Waals surface area contributed by atoms with Crippen LogP contribution in [0.25, 0.3) is 11.0 Å². The number of para-hydroxylation sites is 1. The maximum atomic E-state index is 9.20. The summed E-state index contributed by atoms with van der Waals surface area (Å²) in [5.74, 6) is 0.834. The Morgan fingerprint density at radius 2 is 2.19 bits per heavy atom. The fourth-order valence-electron chi connectivity index (χ4n) is 2.49. The Balaban J connectivity index is 2.28. The molecule has 1 atom stereocenters. The molecule has 0 saturated carbocycles. The first kappa shape index (κ1) is 15.8. The second-order valence-corrected chi connectivity index (χ2v) is 5.73. The van der Waals surface area contributed by atoms with E-state index >= 15 is 0 Å². The van der Waals surface area contributed by atoms with Crippen molar-refractivity contribution in [1.29, 1.82) is 5.26 Å². The fourth-order valence-corrected chi connectivity index (χ4v) is 2.65. The quantitative estimate of drug-likeness (QED) is 0.573. The predicted octanol–water partition coefficient (Wildman–Crippen LogP) is 4.02. The lowest BCUT2D eigenvalue weighted by Crippen LogP contribution is -2.05. The van der Waals surface area contributed by atoms with Crippen LogP contribution < -0.4 is 0 Å². The largest absolute Gasteiger partial charge is 0.385 e. The molecule has 0 aliphatic carbocycles. The number of hydrogen-bond acceptors (Lipinski definition) is 3. The van der Waals surface area contributed by atoms with Crippen LogP contribution in [0, 0.1) is 11.3 Å². The number of methoxy groups -OCH3 is 1. The minimum atomic E-state index is -0.178. The standard InChI is InChI=1S/C16H20ClN3O/c1-12(17)16-19-15-13(11-18)7-6-8-14(15)20(16)9-4-3-5-10-21-2/h6-8,12H,3-5,9-10H2,1-2H3. The van der Waals surface area contributed by atoms with Gasteiger partial charge in [-0.15, -0.1) is 11.6 Å². The van der Waals surface area contributed by atoms with Crippen LogP contribution in [-0.4, -0.2) is 23.3 Å². The summed E-state index contributed by atoms with van der Waals surface area (Å²) < 4.78 is 7.20. The van der Waals surface area contributed by atoms with E-state index in [2.05, 4.69) is 15.6 Å². The van der Waals surface area contributed by atoms with Crippen LogP contribution in [0.15, 0.2) is 18.2 Å². The van der Waals surface area contributed by atoms with Crippen molar-refractivity contribution in [3.8, 4) is 6.07 Å². The maximum absolute atomic E-state index is 9.20. The summed E-state index contributed by atoms with van der Waals surface area (Å²) in [6.45, 7) is 3.57. The zero-order chi connectivity index (χ0) is 15.2. The number of imidazole rings is 1. The summed E-state index contributed by atoms with van der Waals surface area (Å²) in [5, 5.41) is 9.02. The Hall–Kier alpha value is -1.57. The monoisotopic (exact) mass is 305 g/mol. The number of halogens is 1. The summed E-state index contributed by atoms with van der Waals surface area (Å²) in [5.41, 5.74) is 2.34. The van der Waals surface area contributed by atoms with E-state index < -0.39 is 0 Å². The van der Waals surface area contributed by atoms with Crippen LogP contribution in [-0.2, 0) is 11.3 Å². The molecule has 0 aliphatic heterocycles. The highest BCUT2D eigenvalue weighted by Crippen LogP contribution is 2.26. The van der Waals surface area contributed by atoms with Crippen LogP contribution in [0.5, 0.6) is 0 Å². The van der Waals surface area contributed by atoms with Gasteiger partial charge in [0, 0.05) is 20.3 Å². The third-order valence-electron chi connectivity index (χ3n) is 3.51. The van der Waals surface area contributed by atoms with E-state index in [1.54, 1.807) is 13.2 Å². The topological polar surface area (TPSA) is 50.8 Å². The molecule has 1 unspecified atom stereocenters. The number of nitriles is 1. The number of benzene rings is 1. The molecule has 2 rings (SSSR count). The van der Waals surface area contributed by atoms with Crippen molar-refractivity contribution in [3.63, 3.8) is 0 Å². The minimum absolute atomic E-state index is 0.178. The van der Waals surface area contributed by atoms with Gasteiger partial charge in [0.1, 0.15) is 17.4 Å². The van der Waals surface area contributed by atoms with E-state index in [4.69, 9.17) is 16.3 Å². The molecule has 1 heterocycles. The first-order valence-corrected chi connectivity index (χ1v) is 7.65. The summed E-state index contributed by atoms with van der Waals surface area (Å²) in [6, 6.07) is 7.89. The molecule has 0 saturated heterocycles. The fraction of sp³-hybridized carbons (Fsp3) is 0.500. The average Bonchev–Trinajstić information content (AvgIpc) is 2.86. The van der Waals surface area contributed by atoms with Crippen LogP contribution in [0.2, 0.25) is 0 Å². The number of aryl methyl sites for hydroxylation is 1. The van der Waals surface area contributed by atoms with Crippen molar-refractivity contribution in [2.75, 3.05) is 13.7 Å². The van der Waals surface area contributed by atoms with Crippen molar-refractivity contribution in [2.24, 2.45) is 0 Å². The van der Waals surface area contributed by atoms with Gasteiger partial charge in [0.15, 0.2) is 0 Å². The molecule has 0 spiro atoms. The Morgan fingerprint density at radius 3 is 2.86 bits per heavy atom. The zero-order valence-electron chi connectivity index (χ0n) is 12.5. The average molecular weight is 306 g/mol. The highest BCUT2D eigenvalue weighted by Gasteiger charge is 2.16. The minimum Gasteiger partial charge on any atom is -0.385 e. The highest BCUT2D eigenvalue weighted by molar-refractivity contribution is 6.20.